The zero-order chi connectivity index (χ0) is 21.8. The molecule has 1 amide bonds. The average Bonchev–Trinajstić information content (AvgIpc) is 2.72. The third-order valence-electron chi connectivity index (χ3n) is 4.13. The van der Waals surface area contributed by atoms with Gasteiger partial charge in [-0.15, -0.1) is 0 Å². The number of carboxylic acid groups (broad SMARTS) is 1. The standard InChI is InChI=1S/C20H15ClFN3O5/c21-12-6-4-11(5-7-12)16-9-15(18(27)23-17(10-26)20(29)30)19(28)25(24-16)14-3-1-2-13(22)8-14/h1-9,17,26H,10H2,(H,23,27)(H,29,30)/t17-/m1/s1. The van der Waals surface area contributed by atoms with Crippen molar-refractivity contribution in [3.8, 4) is 16.9 Å². The molecule has 0 radical (unpaired) electrons. The van der Waals surface area contributed by atoms with Crippen molar-refractivity contribution in [2.75, 3.05) is 6.61 Å². The van der Waals surface area contributed by atoms with Crippen LogP contribution in [0.1, 0.15) is 10.4 Å². The Hall–Kier alpha value is -3.56. The van der Waals surface area contributed by atoms with Crippen LogP contribution in [0.4, 0.5) is 4.39 Å². The number of halogens is 2. The molecule has 1 aromatic heterocycles. The van der Waals surface area contributed by atoms with Crippen LogP contribution in [0, 0.1) is 5.82 Å². The number of rotatable bonds is 6. The van der Waals surface area contributed by atoms with Crippen molar-refractivity contribution in [2.45, 2.75) is 6.04 Å². The summed E-state index contributed by atoms with van der Waals surface area (Å²) in [6.45, 7) is -0.867. The average molecular weight is 432 g/mol. The Balaban J connectivity index is 2.18. The van der Waals surface area contributed by atoms with Gasteiger partial charge >= 0.3 is 5.97 Å². The molecule has 8 nitrogen and oxygen atoms in total. The van der Waals surface area contributed by atoms with Crippen LogP contribution in [0.15, 0.2) is 59.4 Å². The van der Waals surface area contributed by atoms with Gasteiger partial charge in [-0.3, -0.25) is 9.59 Å². The van der Waals surface area contributed by atoms with Gasteiger partial charge in [0.1, 0.15) is 11.4 Å². The molecule has 1 heterocycles. The van der Waals surface area contributed by atoms with Crippen LogP contribution in [0.3, 0.4) is 0 Å². The van der Waals surface area contributed by atoms with Crippen LogP contribution < -0.4 is 10.9 Å². The molecule has 30 heavy (non-hydrogen) atoms. The maximum atomic E-state index is 13.7. The lowest BCUT2D eigenvalue weighted by Gasteiger charge is -2.14. The highest BCUT2D eigenvalue weighted by Gasteiger charge is 2.23. The monoisotopic (exact) mass is 431 g/mol. The molecule has 0 unspecified atom stereocenters. The Morgan fingerprint density at radius 3 is 2.47 bits per heavy atom. The van der Waals surface area contributed by atoms with Crippen LogP contribution >= 0.6 is 11.6 Å². The van der Waals surface area contributed by atoms with E-state index < -0.39 is 41.5 Å². The SMILES string of the molecule is O=C(N[C@H](CO)C(=O)O)c1cc(-c2ccc(Cl)cc2)nn(-c2cccc(F)c2)c1=O. The van der Waals surface area contributed by atoms with E-state index in [9.17, 15) is 18.8 Å². The Morgan fingerprint density at radius 2 is 1.87 bits per heavy atom. The van der Waals surface area contributed by atoms with Crippen LogP contribution in [0.25, 0.3) is 16.9 Å². The molecule has 154 valence electrons. The number of nitrogens with one attached hydrogen (secondary N) is 1. The minimum atomic E-state index is -1.60. The lowest BCUT2D eigenvalue weighted by molar-refractivity contribution is -0.140. The number of aliphatic carboxylic acids is 1. The van der Waals surface area contributed by atoms with Crippen LogP contribution in [0.5, 0.6) is 0 Å². The number of benzene rings is 2. The number of carbonyl (C=O) groups is 2. The molecule has 0 saturated carbocycles. The predicted molar refractivity (Wildman–Crippen MR) is 106 cm³/mol. The first-order valence-electron chi connectivity index (χ1n) is 8.61. The highest BCUT2D eigenvalue weighted by atomic mass is 35.5. The van der Waals surface area contributed by atoms with Crippen LogP contribution in [-0.2, 0) is 4.79 Å². The largest absolute Gasteiger partial charge is 0.480 e. The van der Waals surface area contributed by atoms with E-state index >= 15 is 0 Å². The first kappa shape index (κ1) is 21.2. The fraction of sp³-hybridized carbons (Fsp3) is 0.100. The van der Waals surface area contributed by atoms with Crippen molar-refractivity contribution in [3.63, 3.8) is 0 Å². The van der Waals surface area contributed by atoms with Crippen molar-refractivity contribution in [2.24, 2.45) is 0 Å². The summed E-state index contributed by atoms with van der Waals surface area (Å²) in [6, 6.07) is 11.0. The van der Waals surface area contributed by atoms with Crippen molar-refractivity contribution in [1.29, 1.82) is 0 Å². The lowest BCUT2D eigenvalue weighted by atomic mass is 10.1. The molecule has 0 fully saturated rings. The number of amides is 1. The highest BCUT2D eigenvalue weighted by molar-refractivity contribution is 6.30. The molecule has 10 heteroatoms. The summed E-state index contributed by atoms with van der Waals surface area (Å²) < 4.78 is 14.5. The summed E-state index contributed by atoms with van der Waals surface area (Å²) in [6.07, 6.45) is 0. The van der Waals surface area contributed by atoms with Gasteiger partial charge in [-0.2, -0.15) is 9.78 Å². The summed E-state index contributed by atoms with van der Waals surface area (Å²) in [5.74, 6) is -3.11. The van der Waals surface area contributed by atoms with E-state index in [1.54, 1.807) is 24.3 Å². The van der Waals surface area contributed by atoms with Gasteiger partial charge in [0.15, 0.2) is 6.04 Å². The van der Waals surface area contributed by atoms with E-state index in [4.69, 9.17) is 21.8 Å². The number of aliphatic hydroxyl groups is 1. The Morgan fingerprint density at radius 1 is 1.17 bits per heavy atom. The number of carbonyl (C=O) groups excluding carboxylic acids is 1. The predicted octanol–water partition coefficient (Wildman–Crippen LogP) is 1.87. The second kappa shape index (κ2) is 8.85. The molecule has 0 spiro atoms. The zero-order valence-electron chi connectivity index (χ0n) is 15.3. The number of aliphatic hydroxyl groups excluding tert-OH is 1. The molecular formula is C20H15ClFN3O5. The minimum absolute atomic E-state index is 0.0711. The van der Waals surface area contributed by atoms with Gasteiger partial charge < -0.3 is 15.5 Å². The van der Waals surface area contributed by atoms with Gasteiger partial charge in [0.2, 0.25) is 0 Å². The Kier molecular flexibility index (Phi) is 6.24. The van der Waals surface area contributed by atoms with E-state index in [0.29, 0.717) is 10.6 Å². The zero-order valence-corrected chi connectivity index (χ0v) is 16.0. The smallest absolute Gasteiger partial charge is 0.328 e. The maximum absolute atomic E-state index is 13.7. The second-order valence-electron chi connectivity index (χ2n) is 6.19. The molecule has 3 N–H and O–H groups in total. The molecule has 1 atom stereocenters. The fourth-order valence-corrected chi connectivity index (χ4v) is 2.75. The summed E-state index contributed by atoms with van der Waals surface area (Å²) >= 11 is 5.89. The minimum Gasteiger partial charge on any atom is -0.480 e. The molecule has 0 bridgehead atoms. The van der Waals surface area contributed by atoms with Crippen molar-refractivity contribution < 1.29 is 24.2 Å². The van der Waals surface area contributed by atoms with Crippen molar-refractivity contribution in [3.05, 3.63) is 81.4 Å². The highest BCUT2D eigenvalue weighted by Crippen LogP contribution is 2.20. The Bertz CT molecular complexity index is 1160. The maximum Gasteiger partial charge on any atom is 0.328 e. The molecule has 0 saturated heterocycles. The van der Waals surface area contributed by atoms with Gasteiger partial charge in [0.05, 0.1) is 18.0 Å². The molecule has 0 aliphatic rings. The van der Waals surface area contributed by atoms with Crippen LogP contribution in [0.2, 0.25) is 5.02 Å². The van der Waals surface area contributed by atoms with E-state index in [2.05, 4.69) is 10.4 Å². The normalized spacial score (nSPS) is 11.7. The molecular weight excluding hydrogens is 417 g/mol. The molecule has 3 aromatic rings. The number of nitrogens with zero attached hydrogens (tertiary/aromatic N) is 2. The third kappa shape index (κ3) is 4.53. The quantitative estimate of drug-likeness (QED) is 0.547. The molecule has 0 aliphatic heterocycles. The van der Waals surface area contributed by atoms with E-state index in [-0.39, 0.29) is 11.4 Å². The van der Waals surface area contributed by atoms with Gasteiger partial charge in [-0.05, 0) is 36.4 Å². The van der Waals surface area contributed by atoms with Crippen molar-refractivity contribution in [1.82, 2.24) is 15.1 Å². The number of carboxylic acids is 1. The number of hydrogen-bond acceptors (Lipinski definition) is 5. The fourth-order valence-electron chi connectivity index (χ4n) is 2.62. The van der Waals surface area contributed by atoms with Crippen molar-refractivity contribution >= 4 is 23.5 Å². The summed E-state index contributed by atoms with van der Waals surface area (Å²) in [5.41, 5.74) is -0.550. The van der Waals surface area contributed by atoms with Gasteiger partial charge in [0, 0.05) is 10.6 Å². The van der Waals surface area contributed by atoms with Gasteiger partial charge in [-0.1, -0.05) is 29.8 Å². The first-order chi connectivity index (χ1) is 14.3. The molecule has 2 aromatic carbocycles. The third-order valence-corrected chi connectivity index (χ3v) is 4.39. The molecule has 0 aliphatic carbocycles. The summed E-state index contributed by atoms with van der Waals surface area (Å²) in [5, 5.41) is 24.9. The van der Waals surface area contributed by atoms with E-state index in [1.165, 1.54) is 24.3 Å². The summed E-state index contributed by atoms with van der Waals surface area (Å²) in [7, 11) is 0. The second-order valence-corrected chi connectivity index (χ2v) is 6.63. The lowest BCUT2D eigenvalue weighted by Crippen LogP contribution is -2.45. The number of hydrogen-bond donors (Lipinski definition) is 3. The topological polar surface area (TPSA) is 122 Å². The first-order valence-corrected chi connectivity index (χ1v) is 8.98. The summed E-state index contributed by atoms with van der Waals surface area (Å²) in [4.78, 5) is 36.6. The van der Waals surface area contributed by atoms with E-state index in [0.717, 1.165) is 10.7 Å². The Labute approximate surface area is 174 Å². The number of aromatic nitrogens is 2. The van der Waals surface area contributed by atoms with Gasteiger partial charge in [0.25, 0.3) is 11.5 Å². The van der Waals surface area contributed by atoms with Gasteiger partial charge in [-0.25, -0.2) is 9.18 Å². The van der Waals surface area contributed by atoms with Crippen LogP contribution in [-0.4, -0.2) is 44.5 Å². The molecule has 3 rings (SSSR count). The van der Waals surface area contributed by atoms with E-state index in [1.807, 2.05) is 0 Å².